The second kappa shape index (κ2) is 6.90. The van der Waals surface area contributed by atoms with Gasteiger partial charge in [-0.1, -0.05) is 13.8 Å². The van der Waals surface area contributed by atoms with Crippen LogP contribution in [0.1, 0.15) is 37.2 Å². The molecule has 1 saturated heterocycles. The summed E-state index contributed by atoms with van der Waals surface area (Å²) < 4.78 is 38.1. The van der Waals surface area contributed by atoms with Gasteiger partial charge in [0.1, 0.15) is 12.2 Å². The van der Waals surface area contributed by atoms with E-state index in [0.717, 1.165) is 19.6 Å². The van der Waals surface area contributed by atoms with Gasteiger partial charge < -0.3 is 10.2 Å². The Kier molecular flexibility index (Phi) is 5.33. The minimum Gasteiger partial charge on any atom is -0.350 e. The van der Waals surface area contributed by atoms with Gasteiger partial charge in [0.15, 0.2) is 0 Å². The molecule has 1 N–H and O–H groups in total. The summed E-state index contributed by atoms with van der Waals surface area (Å²) in [5.74, 6) is -0.527. The Bertz CT molecular complexity index is 533. The Hall–Kier alpha value is -1.57. The lowest BCUT2D eigenvalue weighted by molar-refractivity contribution is -0.142. The third-order valence-corrected chi connectivity index (χ3v) is 3.86. The summed E-state index contributed by atoms with van der Waals surface area (Å²) in [5, 5.41) is 6.31. The maximum absolute atomic E-state index is 12.5. The largest absolute Gasteiger partial charge is 0.408 e. The molecule has 0 aliphatic carbocycles. The number of aromatic nitrogens is 2. The number of hydrogen-bond acceptors (Lipinski definition) is 3. The number of hydrogen-bond donors (Lipinski definition) is 1. The SMILES string of the molecule is CC(C)(CNC(=O)c1ccnn1CC(F)(F)F)CN1CCCC1. The molecule has 1 aliphatic heterocycles. The zero-order chi connectivity index (χ0) is 17.1. The number of likely N-dealkylation sites (tertiary alicyclic amines) is 1. The zero-order valence-electron chi connectivity index (χ0n) is 13.5. The van der Waals surface area contributed by atoms with Crippen LogP contribution >= 0.6 is 0 Å². The van der Waals surface area contributed by atoms with Gasteiger partial charge in [0.05, 0.1) is 0 Å². The van der Waals surface area contributed by atoms with E-state index in [1.165, 1.54) is 25.1 Å². The van der Waals surface area contributed by atoms with E-state index in [9.17, 15) is 18.0 Å². The summed E-state index contributed by atoms with van der Waals surface area (Å²) in [6.45, 7) is 6.21. The Morgan fingerprint density at radius 2 is 1.91 bits per heavy atom. The van der Waals surface area contributed by atoms with Crippen molar-refractivity contribution in [3.05, 3.63) is 18.0 Å². The lowest BCUT2D eigenvalue weighted by atomic mass is 9.92. The minimum absolute atomic E-state index is 0.0701. The van der Waals surface area contributed by atoms with Gasteiger partial charge in [-0.25, -0.2) is 0 Å². The van der Waals surface area contributed by atoms with E-state index >= 15 is 0 Å². The van der Waals surface area contributed by atoms with Crippen molar-refractivity contribution in [2.24, 2.45) is 5.41 Å². The topological polar surface area (TPSA) is 50.2 Å². The number of nitrogens with one attached hydrogen (secondary N) is 1. The van der Waals surface area contributed by atoms with Crippen molar-refractivity contribution in [1.82, 2.24) is 20.0 Å². The van der Waals surface area contributed by atoms with Gasteiger partial charge in [-0.15, -0.1) is 0 Å². The van der Waals surface area contributed by atoms with E-state index in [1.807, 2.05) is 13.8 Å². The Morgan fingerprint density at radius 1 is 1.26 bits per heavy atom. The monoisotopic (exact) mass is 332 g/mol. The van der Waals surface area contributed by atoms with E-state index in [2.05, 4.69) is 15.3 Å². The van der Waals surface area contributed by atoms with E-state index in [0.29, 0.717) is 11.2 Å². The molecule has 1 aromatic rings. The molecule has 0 bridgehead atoms. The van der Waals surface area contributed by atoms with Gasteiger partial charge in [0.25, 0.3) is 5.91 Å². The molecule has 0 radical (unpaired) electrons. The van der Waals surface area contributed by atoms with E-state index in [-0.39, 0.29) is 11.1 Å². The molecule has 2 rings (SSSR count). The highest BCUT2D eigenvalue weighted by Crippen LogP contribution is 2.20. The first kappa shape index (κ1) is 17.8. The number of alkyl halides is 3. The highest BCUT2D eigenvalue weighted by Gasteiger charge is 2.31. The summed E-state index contributed by atoms with van der Waals surface area (Å²) in [5.41, 5.74) is -0.214. The van der Waals surface area contributed by atoms with Gasteiger partial charge in [-0.05, 0) is 37.4 Å². The second-order valence-corrected chi connectivity index (χ2v) is 6.82. The van der Waals surface area contributed by atoms with Crippen molar-refractivity contribution < 1.29 is 18.0 Å². The van der Waals surface area contributed by atoms with Crippen molar-refractivity contribution >= 4 is 5.91 Å². The first-order valence-electron chi connectivity index (χ1n) is 7.75. The molecule has 0 aromatic carbocycles. The fourth-order valence-corrected chi connectivity index (χ4v) is 2.83. The van der Waals surface area contributed by atoms with Crippen LogP contribution in [-0.2, 0) is 6.54 Å². The highest BCUT2D eigenvalue weighted by molar-refractivity contribution is 5.92. The standard InChI is InChI=1S/C15H23F3N4O/c1-14(2,10-21-7-3-4-8-21)9-19-13(23)12-5-6-20-22(12)11-15(16,17)18/h5-6H,3-4,7-11H2,1-2H3,(H,19,23). The molecule has 1 aliphatic rings. The number of rotatable bonds is 6. The van der Waals surface area contributed by atoms with Crippen LogP contribution in [0.5, 0.6) is 0 Å². The molecule has 8 heteroatoms. The van der Waals surface area contributed by atoms with Gasteiger partial charge in [0.2, 0.25) is 0 Å². The van der Waals surface area contributed by atoms with E-state index in [1.54, 1.807) is 0 Å². The predicted octanol–water partition coefficient (Wildman–Crippen LogP) is 2.30. The molecule has 0 spiro atoms. The normalized spacial score (nSPS) is 16.7. The average molecular weight is 332 g/mol. The number of carbonyl (C=O) groups is 1. The van der Waals surface area contributed by atoms with Crippen molar-refractivity contribution in [3.63, 3.8) is 0 Å². The molecule has 0 unspecified atom stereocenters. The quantitative estimate of drug-likeness (QED) is 0.870. The molecule has 1 aromatic heterocycles. The zero-order valence-corrected chi connectivity index (χ0v) is 13.5. The summed E-state index contributed by atoms with van der Waals surface area (Å²) in [4.78, 5) is 14.5. The molecule has 23 heavy (non-hydrogen) atoms. The third kappa shape index (κ3) is 5.53. The lowest BCUT2D eigenvalue weighted by Gasteiger charge is -2.30. The molecular formula is C15H23F3N4O. The molecule has 130 valence electrons. The van der Waals surface area contributed by atoms with Gasteiger partial charge in [0, 0.05) is 19.3 Å². The van der Waals surface area contributed by atoms with Crippen molar-refractivity contribution in [2.75, 3.05) is 26.2 Å². The van der Waals surface area contributed by atoms with Crippen molar-refractivity contribution in [1.29, 1.82) is 0 Å². The molecule has 1 fully saturated rings. The Balaban J connectivity index is 1.90. The molecule has 0 atom stereocenters. The van der Waals surface area contributed by atoms with Gasteiger partial charge >= 0.3 is 6.18 Å². The van der Waals surface area contributed by atoms with E-state index < -0.39 is 18.6 Å². The van der Waals surface area contributed by atoms with Crippen LogP contribution in [0, 0.1) is 5.41 Å². The Labute approximate surface area is 133 Å². The smallest absolute Gasteiger partial charge is 0.350 e. The summed E-state index contributed by atoms with van der Waals surface area (Å²) in [7, 11) is 0. The van der Waals surface area contributed by atoms with Crippen LogP contribution in [0.4, 0.5) is 13.2 Å². The van der Waals surface area contributed by atoms with Gasteiger partial charge in [-0.2, -0.15) is 18.3 Å². The van der Waals surface area contributed by atoms with Crippen LogP contribution in [-0.4, -0.2) is 52.9 Å². The fraction of sp³-hybridized carbons (Fsp3) is 0.733. The van der Waals surface area contributed by atoms with Crippen molar-refractivity contribution in [3.8, 4) is 0 Å². The molecule has 2 heterocycles. The number of amides is 1. The van der Waals surface area contributed by atoms with Crippen LogP contribution < -0.4 is 5.32 Å². The first-order chi connectivity index (χ1) is 10.7. The molecule has 0 saturated carbocycles. The van der Waals surface area contributed by atoms with E-state index in [4.69, 9.17) is 0 Å². The average Bonchev–Trinajstić information content (AvgIpc) is 3.05. The molecule has 5 nitrogen and oxygen atoms in total. The number of nitrogens with zero attached hydrogens (tertiary/aromatic N) is 3. The minimum atomic E-state index is -4.41. The molecular weight excluding hydrogens is 309 g/mol. The van der Waals surface area contributed by atoms with Crippen LogP contribution in [0.15, 0.2) is 12.3 Å². The molecule has 1 amide bonds. The highest BCUT2D eigenvalue weighted by atomic mass is 19.4. The number of carbonyl (C=O) groups excluding carboxylic acids is 1. The fourth-order valence-electron chi connectivity index (χ4n) is 2.83. The number of halogens is 3. The Morgan fingerprint density at radius 3 is 2.52 bits per heavy atom. The maximum Gasteiger partial charge on any atom is 0.408 e. The van der Waals surface area contributed by atoms with Crippen LogP contribution in [0.3, 0.4) is 0 Å². The van der Waals surface area contributed by atoms with Crippen LogP contribution in [0.2, 0.25) is 0 Å². The lowest BCUT2D eigenvalue weighted by Crippen LogP contribution is -2.42. The van der Waals surface area contributed by atoms with Gasteiger partial charge in [-0.3, -0.25) is 9.48 Å². The summed E-state index contributed by atoms with van der Waals surface area (Å²) >= 11 is 0. The second-order valence-electron chi connectivity index (χ2n) is 6.82. The van der Waals surface area contributed by atoms with Crippen LogP contribution in [0.25, 0.3) is 0 Å². The predicted molar refractivity (Wildman–Crippen MR) is 80.1 cm³/mol. The summed E-state index contributed by atoms with van der Waals surface area (Å²) in [6.07, 6.45) is -0.815. The van der Waals surface area contributed by atoms with Crippen molar-refractivity contribution in [2.45, 2.75) is 39.4 Å². The third-order valence-electron chi connectivity index (χ3n) is 3.86. The first-order valence-corrected chi connectivity index (χ1v) is 7.75. The summed E-state index contributed by atoms with van der Waals surface area (Å²) in [6, 6.07) is 1.30. The maximum atomic E-state index is 12.5.